The number of aromatic hydroxyl groups is 1. The van der Waals surface area contributed by atoms with Gasteiger partial charge >= 0.3 is 5.95 Å². The van der Waals surface area contributed by atoms with Gasteiger partial charge in [0.25, 0.3) is 5.69 Å². The second kappa shape index (κ2) is 6.74. The fourth-order valence-corrected chi connectivity index (χ4v) is 2.24. The van der Waals surface area contributed by atoms with Crippen molar-refractivity contribution in [3.8, 4) is 17.4 Å². The van der Waals surface area contributed by atoms with E-state index in [4.69, 9.17) is 16.0 Å². The van der Waals surface area contributed by atoms with Crippen molar-refractivity contribution in [2.45, 2.75) is 6.92 Å². The molecule has 7 nitrogen and oxygen atoms in total. The number of non-ortho nitro benzene ring substituents is 1. The molecular formula is C17H12ClN3O4. The fourth-order valence-electron chi connectivity index (χ4n) is 2.07. The molecule has 0 atom stereocenters. The number of halogens is 1. The van der Waals surface area contributed by atoms with E-state index in [0.29, 0.717) is 5.56 Å². The number of aliphatic imine (C=N–C) groups is 1. The first-order valence-corrected chi connectivity index (χ1v) is 7.56. The molecule has 0 spiro atoms. The maximum atomic E-state index is 10.8. The standard InChI is InChI=1S/C17H12ClN3O4/c1-10-2-4-11(5-3-10)16-20-15(17(22)25-16)9-19-14-8-12(21(23)24)6-7-13(14)18/h2-9,22H,1H3. The van der Waals surface area contributed by atoms with Crippen LogP contribution in [-0.4, -0.2) is 21.2 Å². The highest BCUT2D eigenvalue weighted by Crippen LogP contribution is 2.30. The highest BCUT2D eigenvalue weighted by molar-refractivity contribution is 6.33. The molecule has 0 saturated heterocycles. The number of aryl methyl sites for hydroxylation is 1. The molecule has 1 N–H and O–H groups in total. The minimum atomic E-state index is -0.543. The summed E-state index contributed by atoms with van der Waals surface area (Å²) in [5.41, 5.74) is 1.94. The van der Waals surface area contributed by atoms with Gasteiger partial charge in [0.1, 0.15) is 0 Å². The van der Waals surface area contributed by atoms with E-state index >= 15 is 0 Å². The van der Waals surface area contributed by atoms with Crippen LogP contribution in [0.2, 0.25) is 5.02 Å². The average molecular weight is 358 g/mol. The summed E-state index contributed by atoms with van der Waals surface area (Å²) in [6.07, 6.45) is 1.24. The first-order chi connectivity index (χ1) is 11.9. The lowest BCUT2D eigenvalue weighted by molar-refractivity contribution is -0.384. The molecule has 3 aromatic rings. The summed E-state index contributed by atoms with van der Waals surface area (Å²) in [5, 5.41) is 20.9. The average Bonchev–Trinajstić information content (AvgIpc) is 2.95. The Balaban J connectivity index is 1.91. The first-order valence-electron chi connectivity index (χ1n) is 7.19. The Bertz CT molecular complexity index is 965. The van der Waals surface area contributed by atoms with E-state index in [2.05, 4.69) is 9.98 Å². The smallest absolute Gasteiger partial charge is 0.312 e. The second-order valence-electron chi connectivity index (χ2n) is 5.23. The summed E-state index contributed by atoms with van der Waals surface area (Å²) >= 11 is 5.98. The summed E-state index contributed by atoms with van der Waals surface area (Å²) in [6, 6.07) is 11.3. The first kappa shape index (κ1) is 16.7. The van der Waals surface area contributed by atoms with E-state index in [1.165, 1.54) is 24.4 Å². The Morgan fingerprint density at radius 3 is 2.68 bits per heavy atom. The van der Waals surface area contributed by atoms with Gasteiger partial charge in [-0.3, -0.25) is 15.1 Å². The lowest BCUT2D eigenvalue weighted by Gasteiger charge is -1.97. The van der Waals surface area contributed by atoms with Crippen LogP contribution in [0.4, 0.5) is 11.4 Å². The quantitative estimate of drug-likeness (QED) is 0.415. The molecule has 0 amide bonds. The molecule has 2 aromatic carbocycles. The van der Waals surface area contributed by atoms with E-state index in [1.807, 2.05) is 31.2 Å². The molecule has 1 aromatic heterocycles. The third-order valence-electron chi connectivity index (χ3n) is 3.40. The maximum Gasteiger partial charge on any atom is 0.312 e. The molecule has 3 rings (SSSR count). The molecule has 25 heavy (non-hydrogen) atoms. The summed E-state index contributed by atoms with van der Waals surface area (Å²) in [4.78, 5) is 18.5. The van der Waals surface area contributed by atoms with Crippen LogP contribution in [0.15, 0.2) is 51.9 Å². The fraction of sp³-hybridized carbons (Fsp3) is 0.0588. The Labute approximate surface area is 147 Å². The predicted octanol–water partition coefficient (Wildman–Crippen LogP) is 4.67. The number of nitro benzene ring substituents is 1. The summed E-state index contributed by atoms with van der Waals surface area (Å²) in [7, 11) is 0. The Morgan fingerprint density at radius 2 is 2.00 bits per heavy atom. The normalized spacial score (nSPS) is 11.1. The molecule has 0 unspecified atom stereocenters. The molecule has 8 heteroatoms. The van der Waals surface area contributed by atoms with Crippen molar-refractivity contribution in [3.05, 3.63) is 68.9 Å². The minimum Gasteiger partial charge on any atom is -0.479 e. The monoisotopic (exact) mass is 357 g/mol. The van der Waals surface area contributed by atoms with Crippen LogP contribution in [0.5, 0.6) is 5.95 Å². The van der Waals surface area contributed by atoms with Crippen LogP contribution < -0.4 is 0 Å². The van der Waals surface area contributed by atoms with Crippen LogP contribution >= 0.6 is 11.6 Å². The van der Waals surface area contributed by atoms with E-state index in [0.717, 1.165) is 5.56 Å². The van der Waals surface area contributed by atoms with E-state index < -0.39 is 10.9 Å². The van der Waals surface area contributed by atoms with Crippen molar-refractivity contribution in [2.75, 3.05) is 0 Å². The van der Waals surface area contributed by atoms with Crippen molar-refractivity contribution in [1.29, 1.82) is 0 Å². The van der Waals surface area contributed by atoms with Crippen LogP contribution in [0.3, 0.4) is 0 Å². The van der Waals surface area contributed by atoms with Crippen molar-refractivity contribution < 1.29 is 14.4 Å². The zero-order chi connectivity index (χ0) is 18.0. The van der Waals surface area contributed by atoms with Crippen molar-refractivity contribution in [3.63, 3.8) is 0 Å². The minimum absolute atomic E-state index is 0.0955. The van der Waals surface area contributed by atoms with E-state index in [1.54, 1.807) is 0 Å². The molecular weight excluding hydrogens is 346 g/mol. The zero-order valence-corrected chi connectivity index (χ0v) is 13.8. The zero-order valence-electron chi connectivity index (χ0n) is 13.0. The van der Waals surface area contributed by atoms with Gasteiger partial charge in [0.15, 0.2) is 5.69 Å². The maximum absolute atomic E-state index is 10.8. The molecule has 0 aliphatic carbocycles. The summed E-state index contributed by atoms with van der Waals surface area (Å²) < 4.78 is 5.23. The SMILES string of the molecule is Cc1ccc(-c2nc(C=Nc3cc([N+](=O)[O-])ccc3Cl)c(O)o2)cc1. The number of oxazole rings is 1. The lowest BCUT2D eigenvalue weighted by atomic mass is 10.1. The highest BCUT2D eigenvalue weighted by Gasteiger charge is 2.13. The molecule has 0 bridgehead atoms. The summed E-state index contributed by atoms with van der Waals surface area (Å²) in [6.45, 7) is 1.96. The number of nitro groups is 1. The van der Waals surface area contributed by atoms with Crippen LogP contribution in [0, 0.1) is 17.0 Å². The molecule has 0 saturated carbocycles. The van der Waals surface area contributed by atoms with Crippen LogP contribution in [0.25, 0.3) is 11.5 Å². The van der Waals surface area contributed by atoms with Crippen LogP contribution in [0.1, 0.15) is 11.3 Å². The van der Waals surface area contributed by atoms with Gasteiger partial charge in [-0.2, -0.15) is 0 Å². The summed E-state index contributed by atoms with van der Waals surface area (Å²) in [5.74, 6) is -0.162. The number of hydrogen-bond donors (Lipinski definition) is 1. The Hall–Kier alpha value is -3.19. The van der Waals surface area contributed by atoms with Gasteiger partial charge in [-0.05, 0) is 25.1 Å². The molecule has 0 radical (unpaired) electrons. The van der Waals surface area contributed by atoms with Gasteiger partial charge in [-0.15, -0.1) is 0 Å². The van der Waals surface area contributed by atoms with Gasteiger partial charge in [-0.25, -0.2) is 4.98 Å². The second-order valence-corrected chi connectivity index (χ2v) is 5.63. The number of nitrogens with zero attached hydrogens (tertiary/aromatic N) is 3. The van der Waals surface area contributed by atoms with Crippen LogP contribution in [-0.2, 0) is 0 Å². The van der Waals surface area contributed by atoms with E-state index in [9.17, 15) is 15.2 Å². The van der Waals surface area contributed by atoms with Crippen molar-refractivity contribution in [1.82, 2.24) is 4.98 Å². The molecule has 1 heterocycles. The lowest BCUT2D eigenvalue weighted by Crippen LogP contribution is -1.87. The number of rotatable bonds is 4. The molecule has 0 fully saturated rings. The number of aromatic nitrogens is 1. The topological polar surface area (TPSA) is 102 Å². The van der Waals surface area contributed by atoms with Gasteiger partial charge in [0.2, 0.25) is 5.89 Å². The van der Waals surface area contributed by atoms with E-state index in [-0.39, 0.29) is 28.0 Å². The van der Waals surface area contributed by atoms with Crippen molar-refractivity contribution >= 4 is 29.2 Å². The van der Waals surface area contributed by atoms with Gasteiger partial charge < -0.3 is 9.52 Å². The third kappa shape index (κ3) is 3.67. The molecule has 126 valence electrons. The number of hydrogen-bond acceptors (Lipinski definition) is 6. The Kier molecular flexibility index (Phi) is 4.49. The largest absolute Gasteiger partial charge is 0.479 e. The highest BCUT2D eigenvalue weighted by atomic mass is 35.5. The van der Waals surface area contributed by atoms with Crippen molar-refractivity contribution in [2.24, 2.45) is 4.99 Å². The predicted molar refractivity (Wildman–Crippen MR) is 93.7 cm³/mol. The van der Waals surface area contributed by atoms with Gasteiger partial charge in [0.05, 0.1) is 21.8 Å². The number of benzene rings is 2. The molecule has 0 aliphatic heterocycles. The van der Waals surface area contributed by atoms with Gasteiger partial charge in [0, 0.05) is 17.7 Å². The van der Waals surface area contributed by atoms with Gasteiger partial charge in [-0.1, -0.05) is 29.3 Å². The molecule has 0 aliphatic rings. The Morgan fingerprint density at radius 1 is 1.28 bits per heavy atom. The third-order valence-corrected chi connectivity index (χ3v) is 3.72.